The van der Waals surface area contributed by atoms with Crippen molar-refractivity contribution in [2.24, 2.45) is 0 Å². The summed E-state index contributed by atoms with van der Waals surface area (Å²) in [6.07, 6.45) is 3.80. The van der Waals surface area contributed by atoms with Gasteiger partial charge in [0.2, 0.25) is 0 Å². The summed E-state index contributed by atoms with van der Waals surface area (Å²) >= 11 is 6.28. The number of nitrogens with zero attached hydrogens (tertiary/aromatic N) is 3. The van der Waals surface area contributed by atoms with E-state index in [2.05, 4.69) is 20.6 Å². The van der Waals surface area contributed by atoms with Crippen LogP contribution in [-0.4, -0.2) is 28.6 Å². The van der Waals surface area contributed by atoms with E-state index in [9.17, 15) is 4.79 Å². The van der Waals surface area contributed by atoms with Gasteiger partial charge in [0.15, 0.2) is 5.82 Å². The molecule has 1 fully saturated rings. The number of aromatic nitrogens is 2. The molecule has 4 rings (SSSR count). The van der Waals surface area contributed by atoms with Crippen molar-refractivity contribution in [3.63, 3.8) is 0 Å². The number of fused-ring (bicyclic) bond motifs is 1. The van der Waals surface area contributed by atoms with Gasteiger partial charge in [0.25, 0.3) is 5.91 Å². The Morgan fingerprint density at radius 3 is 2.80 bits per heavy atom. The van der Waals surface area contributed by atoms with E-state index >= 15 is 4.39 Å². The summed E-state index contributed by atoms with van der Waals surface area (Å²) in [5.41, 5.74) is 5.55. The van der Waals surface area contributed by atoms with Gasteiger partial charge in [-0.3, -0.25) is 4.79 Å². The summed E-state index contributed by atoms with van der Waals surface area (Å²) in [6, 6.07) is 2.86. The van der Waals surface area contributed by atoms with Crippen LogP contribution >= 0.6 is 11.6 Å². The third-order valence-electron chi connectivity index (χ3n) is 4.87. The minimum atomic E-state index is -0.555. The Kier molecular flexibility index (Phi) is 3.47. The molecule has 2 aliphatic rings. The predicted molar refractivity (Wildman–Crippen MR) is 93.6 cm³/mol. The second-order valence-electron chi connectivity index (χ2n) is 6.29. The highest BCUT2D eigenvalue weighted by molar-refractivity contribution is 6.35. The van der Waals surface area contributed by atoms with Crippen molar-refractivity contribution in [1.29, 1.82) is 0 Å². The zero-order chi connectivity index (χ0) is 17.8. The van der Waals surface area contributed by atoms with Crippen molar-refractivity contribution in [3.8, 4) is 0 Å². The van der Waals surface area contributed by atoms with Gasteiger partial charge in [-0.2, -0.15) is 0 Å². The molecule has 1 aromatic heterocycles. The van der Waals surface area contributed by atoms with E-state index < -0.39 is 11.5 Å². The van der Waals surface area contributed by atoms with Gasteiger partial charge >= 0.3 is 0 Å². The smallest absolute Gasteiger partial charge is 0.256 e. The molecule has 9 heteroatoms. The Labute approximate surface area is 148 Å². The van der Waals surface area contributed by atoms with Crippen LogP contribution in [0.3, 0.4) is 0 Å². The van der Waals surface area contributed by atoms with Crippen LogP contribution in [0, 0.1) is 5.82 Å². The van der Waals surface area contributed by atoms with Gasteiger partial charge in [-0.15, -0.1) is 0 Å². The van der Waals surface area contributed by atoms with Crippen molar-refractivity contribution in [2.45, 2.75) is 24.9 Å². The Balaban J connectivity index is 1.81. The van der Waals surface area contributed by atoms with Gasteiger partial charge in [-0.1, -0.05) is 11.6 Å². The van der Waals surface area contributed by atoms with Crippen LogP contribution in [0.2, 0.25) is 5.02 Å². The van der Waals surface area contributed by atoms with E-state index in [1.807, 2.05) is 0 Å². The zero-order valence-electron chi connectivity index (χ0n) is 13.4. The number of benzene rings is 1. The lowest BCUT2D eigenvalue weighted by molar-refractivity contribution is 0.0800. The first-order chi connectivity index (χ1) is 11.9. The van der Waals surface area contributed by atoms with E-state index in [1.54, 1.807) is 11.9 Å². The van der Waals surface area contributed by atoms with Crippen molar-refractivity contribution in [3.05, 3.63) is 34.9 Å². The number of hydrogen-bond acceptors (Lipinski definition) is 6. The molecule has 1 aliphatic heterocycles. The summed E-state index contributed by atoms with van der Waals surface area (Å²) < 4.78 is 15.2. The summed E-state index contributed by atoms with van der Waals surface area (Å²) in [7, 11) is 1.77. The maximum absolute atomic E-state index is 15.2. The Morgan fingerprint density at radius 1 is 1.40 bits per heavy atom. The molecule has 0 bridgehead atoms. The van der Waals surface area contributed by atoms with Crippen molar-refractivity contribution in [2.75, 3.05) is 23.0 Å². The van der Waals surface area contributed by atoms with Crippen molar-refractivity contribution >= 4 is 40.5 Å². The lowest BCUT2D eigenvalue weighted by atomic mass is 9.81. The van der Waals surface area contributed by atoms with E-state index in [0.717, 1.165) is 19.3 Å². The molecule has 130 valence electrons. The molecular weight excluding hydrogens is 347 g/mol. The molecule has 1 spiro atoms. The number of nitrogens with one attached hydrogen (secondary N) is 2. The fraction of sp³-hybridized carbons (Fsp3) is 0.312. The number of anilines is 4. The third-order valence-corrected chi connectivity index (χ3v) is 5.17. The third kappa shape index (κ3) is 2.36. The van der Waals surface area contributed by atoms with Gasteiger partial charge in [0.05, 0.1) is 22.0 Å². The van der Waals surface area contributed by atoms with E-state index in [0.29, 0.717) is 5.82 Å². The second-order valence-corrected chi connectivity index (χ2v) is 6.70. The SMILES string of the molecule is CN1c2c(F)c(Nc3cc(N)ncn3)cc(Cl)c2C(=O)NC12CCC2. The number of nitrogen functional groups attached to an aromatic ring is 1. The number of carbonyl (C=O) groups is 1. The highest BCUT2D eigenvalue weighted by Gasteiger charge is 2.48. The first-order valence-corrected chi connectivity index (χ1v) is 8.22. The molecule has 0 atom stereocenters. The van der Waals surface area contributed by atoms with Gasteiger partial charge < -0.3 is 21.3 Å². The molecule has 1 saturated carbocycles. The molecule has 7 nitrogen and oxygen atoms in total. The van der Waals surface area contributed by atoms with E-state index in [-0.39, 0.29) is 33.7 Å². The van der Waals surface area contributed by atoms with Gasteiger partial charge in [-0.25, -0.2) is 14.4 Å². The fourth-order valence-electron chi connectivity index (χ4n) is 3.36. The van der Waals surface area contributed by atoms with Crippen LogP contribution in [0.5, 0.6) is 0 Å². The summed E-state index contributed by atoms with van der Waals surface area (Å²) in [4.78, 5) is 22.1. The topological polar surface area (TPSA) is 96.2 Å². The molecule has 2 heterocycles. The molecule has 1 amide bonds. The highest BCUT2D eigenvalue weighted by Crippen LogP contribution is 2.46. The molecule has 0 saturated heterocycles. The number of hydrogen-bond donors (Lipinski definition) is 3. The standard InChI is InChI=1S/C16H16ClFN6O/c1-24-14-12(15(25)23-16(24)3-2-4-16)8(17)5-9(13(14)18)22-11-6-10(19)20-7-21-11/h5-7H,2-4H2,1H3,(H,23,25)(H3,19,20,21,22). The molecule has 1 aliphatic carbocycles. The molecule has 25 heavy (non-hydrogen) atoms. The van der Waals surface area contributed by atoms with Crippen LogP contribution in [0.1, 0.15) is 29.6 Å². The van der Waals surface area contributed by atoms with Gasteiger partial charge in [0, 0.05) is 13.1 Å². The number of rotatable bonds is 2. The Hall–Kier alpha value is -2.61. The molecule has 0 radical (unpaired) electrons. The molecule has 1 aromatic carbocycles. The lowest BCUT2D eigenvalue weighted by Crippen LogP contribution is -2.66. The fourth-order valence-corrected chi connectivity index (χ4v) is 3.64. The quantitative estimate of drug-likeness (QED) is 0.760. The number of nitrogens with two attached hydrogens (primary N) is 1. The summed E-state index contributed by atoms with van der Waals surface area (Å²) in [6.45, 7) is 0. The van der Waals surface area contributed by atoms with Gasteiger partial charge in [-0.05, 0) is 25.3 Å². The lowest BCUT2D eigenvalue weighted by Gasteiger charge is -2.53. The largest absolute Gasteiger partial charge is 0.384 e. The van der Waals surface area contributed by atoms with Crippen LogP contribution in [0.25, 0.3) is 0 Å². The first kappa shape index (κ1) is 15.9. The zero-order valence-corrected chi connectivity index (χ0v) is 14.2. The summed E-state index contributed by atoms with van der Waals surface area (Å²) in [5.74, 6) is -0.315. The molecule has 4 N–H and O–H groups in total. The van der Waals surface area contributed by atoms with Gasteiger partial charge in [0.1, 0.15) is 23.6 Å². The minimum Gasteiger partial charge on any atom is -0.384 e. The van der Waals surface area contributed by atoms with E-state index in [1.165, 1.54) is 18.5 Å². The number of amides is 1. The Morgan fingerprint density at radius 2 is 2.16 bits per heavy atom. The normalized spacial score (nSPS) is 17.7. The van der Waals surface area contributed by atoms with Crippen LogP contribution in [-0.2, 0) is 0 Å². The van der Waals surface area contributed by atoms with Crippen LogP contribution in [0.15, 0.2) is 18.5 Å². The second kappa shape index (κ2) is 5.45. The maximum atomic E-state index is 15.2. The first-order valence-electron chi connectivity index (χ1n) is 7.84. The number of halogens is 2. The average molecular weight is 363 g/mol. The van der Waals surface area contributed by atoms with E-state index in [4.69, 9.17) is 17.3 Å². The predicted octanol–water partition coefficient (Wildman–Crippen LogP) is 2.65. The monoisotopic (exact) mass is 362 g/mol. The average Bonchev–Trinajstić information content (AvgIpc) is 2.52. The summed E-state index contributed by atoms with van der Waals surface area (Å²) in [5, 5.41) is 5.98. The molecule has 0 unspecified atom stereocenters. The van der Waals surface area contributed by atoms with Crippen molar-refractivity contribution in [1.82, 2.24) is 15.3 Å². The van der Waals surface area contributed by atoms with Crippen LogP contribution < -0.4 is 21.3 Å². The highest BCUT2D eigenvalue weighted by atomic mass is 35.5. The number of carbonyl (C=O) groups excluding carboxylic acids is 1. The van der Waals surface area contributed by atoms with Crippen molar-refractivity contribution < 1.29 is 9.18 Å². The molecule has 2 aromatic rings. The maximum Gasteiger partial charge on any atom is 0.256 e. The molecular formula is C16H16ClFN6O. The van der Waals surface area contributed by atoms with Crippen LogP contribution in [0.4, 0.5) is 27.4 Å². The minimum absolute atomic E-state index is 0.123. The Bertz CT molecular complexity index is 885.